The van der Waals surface area contributed by atoms with Gasteiger partial charge in [0.25, 0.3) is 5.91 Å². The first-order valence-electron chi connectivity index (χ1n) is 12.9. The Balaban J connectivity index is 1.40. The summed E-state index contributed by atoms with van der Waals surface area (Å²) in [5, 5.41) is 9.24. The van der Waals surface area contributed by atoms with Crippen LogP contribution < -0.4 is 4.74 Å². The molecule has 0 atom stereocenters. The SMILES string of the molecule is CCCCC1=NC2(CCCCC2)C(=O)N1Cc1ccc(Sc2ccc(OC(C)(C)C(=O)O)cc2)cc1. The van der Waals surface area contributed by atoms with Gasteiger partial charge in [-0.25, -0.2) is 4.79 Å². The monoisotopic (exact) mass is 508 g/mol. The van der Waals surface area contributed by atoms with Gasteiger partial charge in [-0.3, -0.25) is 14.7 Å². The number of carboxylic acids is 1. The van der Waals surface area contributed by atoms with E-state index >= 15 is 0 Å². The van der Waals surface area contributed by atoms with E-state index in [1.165, 1.54) is 20.3 Å². The van der Waals surface area contributed by atoms with Gasteiger partial charge in [0, 0.05) is 16.2 Å². The number of amidine groups is 1. The lowest BCUT2D eigenvalue weighted by molar-refractivity contribution is -0.152. The Morgan fingerprint density at radius 2 is 1.67 bits per heavy atom. The third kappa shape index (κ3) is 5.94. The minimum Gasteiger partial charge on any atom is -0.478 e. The standard InChI is InChI=1S/C29H36N2O4S/c1-4-5-9-25-30-29(18-7-6-8-19-29)26(32)31(25)20-21-10-14-23(15-11-21)36-24-16-12-22(13-17-24)35-28(2,3)27(33)34/h10-17H,4-9,18-20H2,1-3H3,(H,33,34). The van der Waals surface area contributed by atoms with E-state index in [0.29, 0.717) is 12.3 Å². The number of hydrogen-bond acceptors (Lipinski definition) is 5. The Morgan fingerprint density at radius 1 is 1.06 bits per heavy atom. The molecule has 0 saturated heterocycles. The van der Waals surface area contributed by atoms with Crippen LogP contribution in [0.2, 0.25) is 0 Å². The molecule has 6 nitrogen and oxygen atoms in total. The highest BCUT2D eigenvalue weighted by Crippen LogP contribution is 2.39. The zero-order chi connectivity index (χ0) is 25.8. The van der Waals surface area contributed by atoms with E-state index in [2.05, 4.69) is 31.2 Å². The maximum Gasteiger partial charge on any atom is 0.347 e. The summed E-state index contributed by atoms with van der Waals surface area (Å²) in [7, 11) is 0. The number of aliphatic carboxylic acids is 1. The second kappa shape index (κ2) is 11.1. The van der Waals surface area contributed by atoms with Gasteiger partial charge >= 0.3 is 5.97 Å². The molecule has 2 aromatic rings. The van der Waals surface area contributed by atoms with Crippen molar-refractivity contribution < 1.29 is 19.4 Å². The molecule has 1 spiro atoms. The van der Waals surface area contributed by atoms with Crippen LogP contribution >= 0.6 is 11.8 Å². The molecule has 192 valence electrons. The first kappa shape index (κ1) is 26.3. The van der Waals surface area contributed by atoms with Crippen molar-refractivity contribution in [2.45, 2.75) is 99.6 Å². The summed E-state index contributed by atoms with van der Waals surface area (Å²) in [6.07, 6.45) is 8.12. The molecule has 1 heterocycles. The number of aliphatic imine (C=N–C) groups is 1. The average molecular weight is 509 g/mol. The van der Waals surface area contributed by atoms with Gasteiger partial charge in [0.1, 0.15) is 17.1 Å². The molecule has 1 amide bonds. The number of amides is 1. The Labute approximate surface area is 218 Å². The Morgan fingerprint density at radius 3 is 2.25 bits per heavy atom. The molecular weight excluding hydrogens is 472 g/mol. The maximum atomic E-state index is 13.5. The van der Waals surface area contributed by atoms with Crippen molar-refractivity contribution in [3.05, 3.63) is 54.1 Å². The zero-order valence-corrected chi connectivity index (χ0v) is 22.3. The molecule has 36 heavy (non-hydrogen) atoms. The molecule has 4 rings (SSSR count). The number of unbranched alkanes of at least 4 members (excludes halogenated alkanes) is 1. The molecule has 0 aromatic heterocycles. The fraction of sp³-hybridized carbons (Fsp3) is 0.483. The first-order chi connectivity index (χ1) is 17.2. The number of carbonyl (C=O) groups is 2. The van der Waals surface area contributed by atoms with E-state index < -0.39 is 17.1 Å². The molecule has 1 N–H and O–H groups in total. The van der Waals surface area contributed by atoms with Gasteiger partial charge in [0.2, 0.25) is 0 Å². The molecule has 2 aliphatic rings. The summed E-state index contributed by atoms with van der Waals surface area (Å²) in [5.74, 6) is 0.679. The zero-order valence-electron chi connectivity index (χ0n) is 21.5. The van der Waals surface area contributed by atoms with Crippen LogP contribution in [-0.4, -0.2) is 38.9 Å². The number of carboxylic acid groups (broad SMARTS) is 1. The molecule has 2 aromatic carbocycles. The molecule has 1 saturated carbocycles. The summed E-state index contributed by atoms with van der Waals surface area (Å²) in [4.78, 5) is 33.9. The van der Waals surface area contributed by atoms with E-state index in [0.717, 1.165) is 66.1 Å². The van der Waals surface area contributed by atoms with Crippen molar-refractivity contribution in [1.29, 1.82) is 0 Å². The number of nitrogens with zero attached hydrogens (tertiary/aromatic N) is 2. The highest BCUT2D eigenvalue weighted by Gasteiger charge is 2.48. The number of benzene rings is 2. The van der Waals surface area contributed by atoms with Crippen LogP contribution in [0.5, 0.6) is 5.75 Å². The fourth-order valence-electron chi connectivity index (χ4n) is 4.77. The number of carbonyl (C=O) groups excluding carboxylic acids is 1. The summed E-state index contributed by atoms with van der Waals surface area (Å²) in [6, 6.07) is 15.8. The Hall–Kier alpha value is -2.80. The lowest BCUT2D eigenvalue weighted by Gasteiger charge is -2.29. The fourth-order valence-corrected chi connectivity index (χ4v) is 5.59. The molecule has 0 bridgehead atoms. The van der Waals surface area contributed by atoms with Gasteiger partial charge < -0.3 is 9.84 Å². The smallest absolute Gasteiger partial charge is 0.347 e. The lowest BCUT2D eigenvalue weighted by Crippen LogP contribution is -2.43. The van der Waals surface area contributed by atoms with Crippen molar-refractivity contribution in [2.24, 2.45) is 4.99 Å². The van der Waals surface area contributed by atoms with E-state index in [4.69, 9.17) is 9.73 Å². The third-order valence-electron chi connectivity index (χ3n) is 6.94. The highest BCUT2D eigenvalue weighted by molar-refractivity contribution is 7.99. The summed E-state index contributed by atoms with van der Waals surface area (Å²) in [6.45, 7) is 5.80. The molecule has 7 heteroatoms. The van der Waals surface area contributed by atoms with Gasteiger partial charge in [-0.1, -0.05) is 56.5 Å². The second-order valence-corrected chi connectivity index (χ2v) is 11.4. The van der Waals surface area contributed by atoms with Crippen molar-refractivity contribution >= 4 is 29.5 Å². The third-order valence-corrected chi connectivity index (χ3v) is 7.96. The lowest BCUT2D eigenvalue weighted by atomic mass is 9.82. The van der Waals surface area contributed by atoms with E-state index in [-0.39, 0.29) is 5.91 Å². The Kier molecular flexibility index (Phi) is 8.08. The van der Waals surface area contributed by atoms with E-state index in [1.54, 1.807) is 23.9 Å². The van der Waals surface area contributed by atoms with Crippen LogP contribution in [0.15, 0.2) is 63.3 Å². The van der Waals surface area contributed by atoms with Crippen LogP contribution in [0.25, 0.3) is 0 Å². The summed E-state index contributed by atoms with van der Waals surface area (Å²) in [5.41, 5.74) is -0.685. The van der Waals surface area contributed by atoms with Crippen LogP contribution in [-0.2, 0) is 16.1 Å². The van der Waals surface area contributed by atoms with Crippen LogP contribution in [0.4, 0.5) is 0 Å². The number of ether oxygens (including phenoxy) is 1. The normalized spacial score (nSPS) is 17.4. The first-order valence-corrected chi connectivity index (χ1v) is 13.7. The average Bonchev–Trinajstić information content (AvgIpc) is 3.10. The second-order valence-electron chi connectivity index (χ2n) is 10.3. The molecule has 1 aliphatic heterocycles. The Bertz CT molecular complexity index is 1100. The maximum absolute atomic E-state index is 13.5. The topological polar surface area (TPSA) is 79.2 Å². The van der Waals surface area contributed by atoms with Gasteiger partial charge in [0.05, 0.1) is 6.54 Å². The molecular formula is C29H36N2O4S. The largest absolute Gasteiger partial charge is 0.478 e. The number of hydrogen-bond donors (Lipinski definition) is 1. The predicted octanol–water partition coefficient (Wildman–Crippen LogP) is 6.71. The van der Waals surface area contributed by atoms with Crippen molar-refractivity contribution in [1.82, 2.24) is 4.90 Å². The molecule has 0 radical (unpaired) electrons. The van der Waals surface area contributed by atoms with Crippen LogP contribution in [0.1, 0.15) is 77.7 Å². The summed E-state index contributed by atoms with van der Waals surface area (Å²) >= 11 is 1.63. The van der Waals surface area contributed by atoms with Crippen molar-refractivity contribution in [3.63, 3.8) is 0 Å². The molecule has 1 fully saturated rings. The predicted molar refractivity (Wildman–Crippen MR) is 143 cm³/mol. The van der Waals surface area contributed by atoms with Gasteiger partial charge in [-0.2, -0.15) is 0 Å². The van der Waals surface area contributed by atoms with Crippen molar-refractivity contribution in [2.75, 3.05) is 0 Å². The minimum atomic E-state index is -1.28. The van der Waals surface area contributed by atoms with E-state index in [9.17, 15) is 14.7 Å². The number of rotatable bonds is 10. The molecule has 1 aliphatic carbocycles. The summed E-state index contributed by atoms with van der Waals surface area (Å²) < 4.78 is 5.58. The van der Waals surface area contributed by atoms with Gasteiger partial charge in [0.15, 0.2) is 5.60 Å². The van der Waals surface area contributed by atoms with Crippen molar-refractivity contribution in [3.8, 4) is 5.75 Å². The van der Waals surface area contributed by atoms with Gasteiger partial charge in [-0.05, 0) is 75.1 Å². The minimum absolute atomic E-state index is 0.195. The highest BCUT2D eigenvalue weighted by atomic mass is 32.2. The van der Waals surface area contributed by atoms with Gasteiger partial charge in [-0.15, -0.1) is 0 Å². The quantitative estimate of drug-likeness (QED) is 0.386. The van der Waals surface area contributed by atoms with Crippen LogP contribution in [0.3, 0.4) is 0 Å². The van der Waals surface area contributed by atoms with E-state index in [1.807, 2.05) is 17.0 Å². The van der Waals surface area contributed by atoms with Crippen LogP contribution in [0, 0.1) is 0 Å². The molecule has 0 unspecified atom stereocenters.